The average molecular weight is 676 g/mol. The highest BCUT2D eigenvalue weighted by Gasteiger charge is 2.48. The van der Waals surface area contributed by atoms with E-state index in [9.17, 15) is 0 Å². The lowest BCUT2D eigenvalue weighted by Crippen LogP contribution is -2.29. The fraction of sp³-hybridized carbons (Fsp3) is 0.0196. The van der Waals surface area contributed by atoms with Crippen LogP contribution in [0.15, 0.2) is 192 Å². The minimum absolute atomic E-state index is 0.468. The largest absolute Gasteiger partial charge is 0.456 e. The third-order valence-electron chi connectivity index (χ3n) is 11.3. The summed E-state index contributed by atoms with van der Waals surface area (Å²) in [5, 5.41) is 2.21. The zero-order valence-electron chi connectivity index (χ0n) is 28.9. The van der Waals surface area contributed by atoms with Crippen LogP contribution in [0.2, 0.25) is 0 Å². The smallest absolute Gasteiger partial charge is 0.137 e. The van der Waals surface area contributed by atoms with Gasteiger partial charge in [-0.25, -0.2) is 0 Å². The van der Waals surface area contributed by atoms with Crippen molar-refractivity contribution in [2.45, 2.75) is 5.41 Å². The monoisotopic (exact) mass is 675 g/mol. The molecule has 1 heterocycles. The van der Waals surface area contributed by atoms with Crippen molar-refractivity contribution in [3.05, 3.63) is 221 Å². The Kier molecular flexibility index (Phi) is 6.50. The summed E-state index contributed by atoms with van der Waals surface area (Å²) in [4.78, 5) is 2.41. The first-order chi connectivity index (χ1) is 26.3. The van der Waals surface area contributed by atoms with Gasteiger partial charge in [-0.3, -0.25) is 0 Å². The van der Waals surface area contributed by atoms with Crippen molar-refractivity contribution in [1.29, 1.82) is 0 Å². The van der Waals surface area contributed by atoms with Crippen molar-refractivity contribution >= 4 is 51.2 Å². The standard InChI is InChI=1S/C51H33NO/c1-2-13-34(14-3-1)35-27-29-38(30-28-35)52(47-22-12-24-49-50(47)41-18-7-11-23-48(41)53-49)39-31-32-46-42(33-39)40-17-6-10-21-45(40)51(46)43-19-8-4-15-36(43)25-26-37-16-5-9-20-44(37)51/h1-33H. The van der Waals surface area contributed by atoms with E-state index in [2.05, 4.69) is 199 Å². The molecule has 0 fully saturated rings. The van der Waals surface area contributed by atoms with Crippen LogP contribution in [0.1, 0.15) is 33.4 Å². The van der Waals surface area contributed by atoms with Gasteiger partial charge in [-0.1, -0.05) is 158 Å². The summed E-state index contributed by atoms with van der Waals surface area (Å²) < 4.78 is 6.43. The second-order valence-electron chi connectivity index (χ2n) is 14.0. The first kappa shape index (κ1) is 29.8. The molecule has 0 unspecified atom stereocenters. The van der Waals surface area contributed by atoms with Gasteiger partial charge in [0.15, 0.2) is 0 Å². The summed E-state index contributed by atoms with van der Waals surface area (Å²) in [5.74, 6) is 0. The quantitative estimate of drug-likeness (QED) is 0.185. The molecule has 2 aliphatic carbocycles. The third-order valence-corrected chi connectivity index (χ3v) is 11.3. The first-order valence-corrected chi connectivity index (χ1v) is 18.3. The highest BCUT2D eigenvalue weighted by Crippen LogP contribution is 2.59. The SMILES string of the molecule is C1=Cc2ccccc2C2(c3ccccc31)c1ccccc1-c1cc(N(c3ccc(-c4ccccc4)cc3)c3cccc4oc5ccccc5c34)ccc12. The van der Waals surface area contributed by atoms with Gasteiger partial charge in [0.25, 0.3) is 0 Å². The fourth-order valence-electron chi connectivity index (χ4n) is 9.09. The van der Waals surface area contributed by atoms with Gasteiger partial charge in [-0.15, -0.1) is 0 Å². The van der Waals surface area contributed by atoms with Gasteiger partial charge in [-0.2, -0.15) is 0 Å². The molecule has 2 heteroatoms. The number of furan rings is 1. The molecule has 0 radical (unpaired) electrons. The van der Waals surface area contributed by atoms with Crippen LogP contribution in [0.5, 0.6) is 0 Å². The molecule has 1 aromatic heterocycles. The van der Waals surface area contributed by atoms with Crippen molar-refractivity contribution in [3.63, 3.8) is 0 Å². The molecular formula is C51H33NO. The summed E-state index contributed by atoms with van der Waals surface area (Å²) in [6.07, 6.45) is 4.57. The molecule has 248 valence electrons. The summed E-state index contributed by atoms with van der Waals surface area (Å²) in [5.41, 5.74) is 17.2. The van der Waals surface area contributed by atoms with Gasteiger partial charge in [-0.05, 0) is 98.1 Å². The van der Waals surface area contributed by atoms with Gasteiger partial charge in [0.1, 0.15) is 11.2 Å². The molecule has 53 heavy (non-hydrogen) atoms. The maximum Gasteiger partial charge on any atom is 0.137 e. The molecule has 2 aliphatic rings. The molecule has 8 aromatic carbocycles. The van der Waals surface area contributed by atoms with Crippen molar-refractivity contribution in [2.75, 3.05) is 4.90 Å². The van der Waals surface area contributed by atoms with Crippen molar-refractivity contribution < 1.29 is 4.42 Å². The Labute approximate surface area is 308 Å². The van der Waals surface area contributed by atoms with E-state index in [0.29, 0.717) is 0 Å². The van der Waals surface area contributed by atoms with Crippen LogP contribution in [0.3, 0.4) is 0 Å². The minimum Gasteiger partial charge on any atom is -0.456 e. The van der Waals surface area contributed by atoms with E-state index < -0.39 is 5.41 Å². The maximum atomic E-state index is 6.43. The molecule has 9 aromatic rings. The van der Waals surface area contributed by atoms with Crippen LogP contribution >= 0.6 is 0 Å². The number of nitrogens with zero attached hydrogens (tertiary/aromatic N) is 1. The minimum atomic E-state index is -0.468. The second kappa shape index (κ2) is 11.6. The van der Waals surface area contributed by atoms with Crippen LogP contribution in [0, 0.1) is 0 Å². The highest BCUT2D eigenvalue weighted by molar-refractivity contribution is 6.13. The Hall–Kier alpha value is -6.90. The molecule has 0 atom stereocenters. The summed E-state index contributed by atoms with van der Waals surface area (Å²) in [6.45, 7) is 0. The molecule has 0 aliphatic heterocycles. The zero-order chi connectivity index (χ0) is 34.9. The number of benzene rings is 8. The van der Waals surface area contributed by atoms with Crippen molar-refractivity contribution in [3.8, 4) is 22.3 Å². The molecular weight excluding hydrogens is 643 g/mol. The number of hydrogen-bond donors (Lipinski definition) is 0. The predicted molar refractivity (Wildman–Crippen MR) is 220 cm³/mol. The van der Waals surface area contributed by atoms with E-state index in [1.165, 1.54) is 55.6 Å². The predicted octanol–water partition coefficient (Wildman–Crippen LogP) is 13.6. The summed E-state index contributed by atoms with van der Waals surface area (Å²) >= 11 is 0. The Balaban J connectivity index is 1.18. The van der Waals surface area contributed by atoms with Crippen molar-refractivity contribution in [1.82, 2.24) is 0 Å². The lowest BCUT2D eigenvalue weighted by atomic mass is 9.66. The molecule has 1 spiro atoms. The topological polar surface area (TPSA) is 16.4 Å². The van der Waals surface area contributed by atoms with Gasteiger partial charge in [0, 0.05) is 16.8 Å². The number of hydrogen-bond acceptors (Lipinski definition) is 2. The molecule has 0 amide bonds. The second-order valence-corrected chi connectivity index (χ2v) is 14.0. The van der Waals surface area contributed by atoms with E-state index in [1.807, 2.05) is 6.07 Å². The van der Waals surface area contributed by atoms with Crippen molar-refractivity contribution in [2.24, 2.45) is 0 Å². The Morgan fingerprint density at radius 2 is 0.981 bits per heavy atom. The van der Waals surface area contributed by atoms with Crippen LogP contribution in [0.4, 0.5) is 17.1 Å². The average Bonchev–Trinajstić information content (AvgIpc) is 3.70. The highest BCUT2D eigenvalue weighted by atomic mass is 16.3. The lowest BCUT2D eigenvalue weighted by Gasteiger charge is -2.35. The molecule has 2 nitrogen and oxygen atoms in total. The van der Waals surface area contributed by atoms with Crippen LogP contribution in [-0.4, -0.2) is 0 Å². The van der Waals surface area contributed by atoms with Gasteiger partial charge >= 0.3 is 0 Å². The van der Waals surface area contributed by atoms with Gasteiger partial charge in [0.2, 0.25) is 0 Å². The Morgan fingerprint density at radius 1 is 0.396 bits per heavy atom. The van der Waals surface area contributed by atoms with E-state index in [-0.39, 0.29) is 0 Å². The summed E-state index contributed by atoms with van der Waals surface area (Å²) in [6, 6.07) is 68.3. The number of para-hydroxylation sites is 1. The Bertz CT molecular complexity index is 2850. The van der Waals surface area contributed by atoms with Crippen LogP contribution in [-0.2, 0) is 5.41 Å². The molecule has 0 saturated carbocycles. The molecule has 0 N–H and O–H groups in total. The maximum absolute atomic E-state index is 6.43. The zero-order valence-corrected chi connectivity index (χ0v) is 28.9. The number of rotatable bonds is 4. The van der Waals surface area contributed by atoms with E-state index in [0.717, 1.165) is 39.0 Å². The van der Waals surface area contributed by atoms with E-state index in [4.69, 9.17) is 4.42 Å². The first-order valence-electron chi connectivity index (χ1n) is 18.3. The van der Waals surface area contributed by atoms with Gasteiger partial charge < -0.3 is 9.32 Å². The number of anilines is 3. The normalized spacial score (nSPS) is 13.4. The molecule has 11 rings (SSSR count). The summed E-state index contributed by atoms with van der Waals surface area (Å²) in [7, 11) is 0. The fourth-order valence-corrected chi connectivity index (χ4v) is 9.09. The molecule has 0 bridgehead atoms. The van der Waals surface area contributed by atoms with Crippen LogP contribution < -0.4 is 4.90 Å². The van der Waals surface area contributed by atoms with E-state index >= 15 is 0 Å². The van der Waals surface area contributed by atoms with Gasteiger partial charge in [0.05, 0.1) is 16.5 Å². The molecule has 0 saturated heterocycles. The Morgan fingerprint density at radius 3 is 1.75 bits per heavy atom. The number of fused-ring (bicyclic) bond motifs is 12. The third kappa shape index (κ3) is 4.33. The van der Waals surface area contributed by atoms with Crippen LogP contribution in [0.25, 0.3) is 56.3 Å². The van der Waals surface area contributed by atoms with E-state index in [1.54, 1.807) is 0 Å². The lowest BCUT2D eigenvalue weighted by molar-refractivity contribution is 0.669.